The van der Waals surface area contributed by atoms with Crippen LogP contribution in [0.4, 0.5) is 0 Å². The topological polar surface area (TPSA) is 35.5 Å². The molecular weight excluding hydrogens is 200 g/mol. The molecule has 16 heavy (non-hydrogen) atoms. The molecule has 0 spiro atoms. The van der Waals surface area contributed by atoms with Crippen LogP contribution < -0.4 is 5.32 Å². The summed E-state index contributed by atoms with van der Waals surface area (Å²) in [6.45, 7) is 10.2. The average molecular weight is 228 g/mol. The lowest BCUT2D eigenvalue weighted by Crippen LogP contribution is -2.46. The fraction of sp³-hybridized carbons (Fsp3) is 1.00. The van der Waals surface area contributed by atoms with E-state index in [9.17, 15) is 5.11 Å². The molecular formula is C13H28N2O. The van der Waals surface area contributed by atoms with Gasteiger partial charge in [-0.05, 0) is 38.3 Å². The summed E-state index contributed by atoms with van der Waals surface area (Å²) >= 11 is 0. The van der Waals surface area contributed by atoms with Crippen molar-refractivity contribution in [2.75, 3.05) is 26.2 Å². The third kappa shape index (κ3) is 5.28. The number of aliphatic hydroxyl groups is 1. The van der Waals surface area contributed by atoms with Crippen molar-refractivity contribution in [3.05, 3.63) is 0 Å². The third-order valence-corrected chi connectivity index (χ3v) is 3.38. The van der Waals surface area contributed by atoms with E-state index in [0.29, 0.717) is 6.04 Å². The fourth-order valence-electron chi connectivity index (χ4n) is 2.45. The summed E-state index contributed by atoms with van der Waals surface area (Å²) in [4.78, 5) is 2.50. The molecule has 0 aromatic heterocycles. The molecule has 0 aromatic carbocycles. The minimum atomic E-state index is 0.230. The largest absolute Gasteiger partial charge is 0.395 e. The molecule has 1 saturated heterocycles. The van der Waals surface area contributed by atoms with Gasteiger partial charge in [0, 0.05) is 18.6 Å². The molecule has 2 unspecified atom stereocenters. The number of aliphatic hydroxyl groups excluding tert-OH is 1. The molecule has 0 saturated carbocycles. The van der Waals surface area contributed by atoms with Gasteiger partial charge in [-0.15, -0.1) is 0 Å². The van der Waals surface area contributed by atoms with Gasteiger partial charge in [0.05, 0.1) is 6.61 Å². The quantitative estimate of drug-likeness (QED) is 0.748. The van der Waals surface area contributed by atoms with Crippen LogP contribution in [0, 0.1) is 5.92 Å². The van der Waals surface area contributed by atoms with Crippen LogP contribution in [0.15, 0.2) is 0 Å². The zero-order chi connectivity index (χ0) is 12.0. The van der Waals surface area contributed by atoms with Gasteiger partial charge in [0.1, 0.15) is 0 Å². The van der Waals surface area contributed by atoms with Crippen molar-refractivity contribution in [2.24, 2.45) is 5.92 Å². The fourth-order valence-corrected chi connectivity index (χ4v) is 2.45. The molecule has 0 bridgehead atoms. The molecule has 1 aliphatic heterocycles. The Kier molecular flexibility index (Phi) is 6.32. The second-order valence-electron chi connectivity index (χ2n) is 5.54. The van der Waals surface area contributed by atoms with E-state index in [1.165, 1.54) is 32.4 Å². The predicted octanol–water partition coefficient (Wildman–Crippen LogP) is 1.47. The molecule has 96 valence electrons. The van der Waals surface area contributed by atoms with E-state index in [-0.39, 0.29) is 12.6 Å². The Balaban J connectivity index is 2.32. The average Bonchev–Trinajstić information content (AvgIpc) is 2.42. The summed E-state index contributed by atoms with van der Waals surface area (Å²) < 4.78 is 0. The van der Waals surface area contributed by atoms with E-state index < -0.39 is 0 Å². The van der Waals surface area contributed by atoms with E-state index in [2.05, 4.69) is 31.0 Å². The van der Waals surface area contributed by atoms with E-state index in [1.807, 2.05) is 0 Å². The molecule has 2 N–H and O–H groups in total. The molecule has 1 aliphatic rings. The predicted molar refractivity (Wildman–Crippen MR) is 68.6 cm³/mol. The zero-order valence-corrected chi connectivity index (χ0v) is 11.1. The molecule has 0 amide bonds. The standard InChI is InChI=1S/C13H28N2O/c1-11(2)14-13(10-16)9-15-7-4-5-12(3)6-8-15/h11-14,16H,4-10H2,1-3H3. The highest BCUT2D eigenvalue weighted by Crippen LogP contribution is 2.16. The second-order valence-corrected chi connectivity index (χ2v) is 5.54. The normalized spacial score (nSPS) is 25.7. The van der Waals surface area contributed by atoms with Crippen LogP contribution in [-0.2, 0) is 0 Å². The van der Waals surface area contributed by atoms with Crippen molar-refractivity contribution in [2.45, 2.75) is 52.1 Å². The Morgan fingerprint density at radius 3 is 2.69 bits per heavy atom. The van der Waals surface area contributed by atoms with Gasteiger partial charge in [-0.1, -0.05) is 20.8 Å². The minimum Gasteiger partial charge on any atom is -0.395 e. The Labute approximate surface area is 100 Å². The van der Waals surface area contributed by atoms with Crippen LogP contribution in [0.2, 0.25) is 0 Å². The highest BCUT2D eigenvalue weighted by Gasteiger charge is 2.17. The smallest absolute Gasteiger partial charge is 0.0597 e. The van der Waals surface area contributed by atoms with Crippen LogP contribution in [-0.4, -0.2) is 48.3 Å². The molecule has 3 heteroatoms. The van der Waals surface area contributed by atoms with Gasteiger partial charge in [-0.25, -0.2) is 0 Å². The molecule has 1 fully saturated rings. The lowest BCUT2D eigenvalue weighted by atomic mass is 10.0. The minimum absolute atomic E-state index is 0.230. The van der Waals surface area contributed by atoms with E-state index in [0.717, 1.165) is 12.5 Å². The number of likely N-dealkylation sites (tertiary alicyclic amines) is 1. The van der Waals surface area contributed by atoms with Gasteiger partial charge >= 0.3 is 0 Å². The van der Waals surface area contributed by atoms with Gasteiger partial charge in [0.25, 0.3) is 0 Å². The van der Waals surface area contributed by atoms with Crippen LogP contribution in [0.1, 0.15) is 40.0 Å². The van der Waals surface area contributed by atoms with Crippen molar-refractivity contribution < 1.29 is 5.11 Å². The van der Waals surface area contributed by atoms with E-state index >= 15 is 0 Å². The number of nitrogens with one attached hydrogen (secondary N) is 1. The maximum atomic E-state index is 9.34. The molecule has 3 nitrogen and oxygen atoms in total. The summed E-state index contributed by atoms with van der Waals surface area (Å²) in [7, 11) is 0. The first-order valence-electron chi connectivity index (χ1n) is 6.71. The lowest BCUT2D eigenvalue weighted by molar-refractivity contribution is 0.177. The molecule has 2 atom stereocenters. The number of rotatable bonds is 5. The van der Waals surface area contributed by atoms with Crippen molar-refractivity contribution in [3.63, 3.8) is 0 Å². The summed E-state index contributed by atoms with van der Waals surface area (Å²) in [6, 6.07) is 0.677. The maximum absolute atomic E-state index is 9.34. The highest BCUT2D eigenvalue weighted by molar-refractivity contribution is 4.75. The van der Waals surface area contributed by atoms with Crippen LogP contribution >= 0.6 is 0 Å². The van der Waals surface area contributed by atoms with Crippen LogP contribution in [0.25, 0.3) is 0 Å². The Morgan fingerprint density at radius 2 is 2.06 bits per heavy atom. The van der Waals surface area contributed by atoms with Crippen molar-refractivity contribution in [1.82, 2.24) is 10.2 Å². The Hall–Kier alpha value is -0.120. The van der Waals surface area contributed by atoms with Crippen LogP contribution in [0.3, 0.4) is 0 Å². The van der Waals surface area contributed by atoms with Gasteiger partial charge in [0.15, 0.2) is 0 Å². The molecule has 0 radical (unpaired) electrons. The first-order valence-corrected chi connectivity index (χ1v) is 6.71. The summed E-state index contributed by atoms with van der Waals surface area (Å²) in [6.07, 6.45) is 3.97. The molecule has 0 aliphatic carbocycles. The first kappa shape index (κ1) is 13.9. The van der Waals surface area contributed by atoms with Crippen molar-refractivity contribution in [3.8, 4) is 0 Å². The van der Waals surface area contributed by atoms with Gasteiger partial charge < -0.3 is 15.3 Å². The van der Waals surface area contributed by atoms with Gasteiger partial charge in [0.2, 0.25) is 0 Å². The van der Waals surface area contributed by atoms with Crippen molar-refractivity contribution >= 4 is 0 Å². The van der Waals surface area contributed by atoms with Crippen molar-refractivity contribution in [1.29, 1.82) is 0 Å². The summed E-state index contributed by atoms with van der Waals surface area (Å²) in [5.74, 6) is 0.871. The maximum Gasteiger partial charge on any atom is 0.0597 e. The number of hydrogen-bond donors (Lipinski definition) is 2. The van der Waals surface area contributed by atoms with Gasteiger partial charge in [-0.3, -0.25) is 0 Å². The number of nitrogens with zero attached hydrogens (tertiary/aromatic N) is 1. The number of hydrogen-bond acceptors (Lipinski definition) is 3. The molecule has 1 heterocycles. The highest BCUT2D eigenvalue weighted by atomic mass is 16.3. The molecule has 1 rings (SSSR count). The van der Waals surface area contributed by atoms with Crippen LogP contribution in [0.5, 0.6) is 0 Å². The summed E-state index contributed by atoms with van der Waals surface area (Å²) in [5, 5.41) is 12.8. The SMILES string of the molecule is CC1CCCN(CC(CO)NC(C)C)CC1. The Bertz CT molecular complexity index is 185. The third-order valence-electron chi connectivity index (χ3n) is 3.38. The summed E-state index contributed by atoms with van der Waals surface area (Å²) in [5.41, 5.74) is 0. The first-order chi connectivity index (χ1) is 7.61. The second kappa shape index (κ2) is 7.25. The lowest BCUT2D eigenvalue weighted by Gasteiger charge is -2.27. The van der Waals surface area contributed by atoms with E-state index in [4.69, 9.17) is 0 Å². The zero-order valence-electron chi connectivity index (χ0n) is 11.1. The monoisotopic (exact) mass is 228 g/mol. The van der Waals surface area contributed by atoms with Gasteiger partial charge in [-0.2, -0.15) is 0 Å². The molecule has 0 aromatic rings. The van der Waals surface area contributed by atoms with E-state index in [1.54, 1.807) is 0 Å². The Morgan fingerprint density at radius 1 is 1.31 bits per heavy atom.